The Hall–Kier alpha value is -2.56. The van der Waals surface area contributed by atoms with E-state index in [9.17, 15) is 9.59 Å². The first-order valence-electron chi connectivity index (χ1n) is 9.13. The molecule has 1 aliphatic rings. The van der Waals surface area contributed by atoms with Crippen LogP contribution >= 0.6 is 0 Å². The first kappa shape index (κ1) is 18.2. The van der Waals surface area contributed by atoms with Crippen molar-refractivity contribution in [3.63, 3.8) is 0 Å². The molecule has 26 heavy (non-hydrogen) atoms. The van der Waals surface area contributed by atoms with Crippen LogP contribution in [0.25, 0.3) is 0 Å². The van der Waals surface area contributed by atoms with Crippen LogP contribution in [-0.4, -0.2) is 29.9 Å². The van der Waals surface area contributed by atoms with Gasteiger partial charge in [0, 0.05) is 11.4 Å². The molecule has 0 bridgehead atoms. The molecule has 5 nitrogen and oxygen atoms in total. The summed E-state index contributed by atoms with van der Waals surface area (Å²) in [7, 11) is 1.35. The number of rotatable bonds is 5. The molecule has 1 unspecified atom stereocenters. The van der Waals surface area contributed by atoms with Gasteiger partial charge in [0.05, 0.1) is 24.4 Å². The number of H-pyrrole nitrogens is 1. The molecule has 1 aliphatic carbocycles. The molecule has 0 saturated carbocycles. The van der Waals surface area contributed by atoms with Gasteiger partial charge in [-0.05, 0) is 69.2 Å². The molecule has 0 radical (unpaired) electrons. The highest BCUT2D eigenvalue weighted by atomic mass is 16.5. The van der Waals surface area contributed by atoms with Crippen molar-refractivity contribution >= 4 is 17.4 Å². The summed E-state index contributed by atoms with van der Waals surface area (Å²) in [6.45, 7) is 5.42. The molecule has 0 spiro atoms. The van der Waals surface area contributed by atoms with E-state index < -0.39 is 12.0 Å². The van der Waals surface area contributed by atoms with E-state index in [2.05, 4.69) is 16.4 Å². The van der Waals surface area contributed by atoms with Gasteiger partial charge in [0.25, 0.3) is 0 Å². The van der Waals surface area contributed by atoms with E-state index >= 15 is 0 Å². The number of esters is 1. The van der Waals surface area contributed by atoms with Gasteiger partial charge in [-0.3, -0.25) is 4.79 Å². The second-order valence-electron chi connectivity index (χ2n) is 7.00. The van der Waals surface area contributed by atoms with E-state index in [0.717, 1.165) is 18.5 Å². The number of ketones is 1. The van der Waals surface area contributed by atoms with Crippen LogP contribution in [0.15, 0.2) is 18.2 Å². The maximum Gasteiger partial charge on any atom is 0.339 e. The third-order valence-corrected chi connectivity index (χ3v) is 5.23. The normalized spacial score (nSPS) is 14.5. The Morgan fingerprint density at radius 3 is 2.65 bits per heavy atom. The maximum atomic E-state index is 13.0. The largest absolute Gasteiger partial charge is 0.465 e. The summed E-state index contributed by atoms with van der Waals surface area (Å²) in [6.07, 6.45) is 4.56. The van der Waals surface area contributed by atoms with E-state index in [1.54, 1.807) is 13.8 Å². The topological polar surface area (TPSA) is 71.2 Å². The molecule has 5 heteroatoms. The fraction of sp³-hybridized carbons (Fsp3) is 0.429. The fourth-order valence-corrected chi connectivity index (χ4v) is 3.84. The number of carbonyl (C=O) groups is 2. The molecule has 0 aliphatic heterocycles. The van der Waals surface area contributed by atoms with Gasteiger partial charge < -0.3 is 15.0 Å². The summed E-state index contributed by atoms with van der Waals surface area (Å²) in [5.41, 5.74) is 5.95. The van der Waals surface area contributed by atoms with Crippen LogP contribution in [0.4, 0.5) is 5.69 Å². The van der Waals surface area contributed by atoms with Gasteiger partial charge in [0.1, 0.15) is 0 Å². The highest BCUT2D eigenvalue weighted by Crippen LogP contribution is 2.29. The zero-order valence-electron chi connectivity index (χ0n) is 15.9. The number of aryl methyl sites for hydroxylation is 2. The smallest absolute Gasteiger partial charge is 0.339 e. The van der Waals surface area contributed by atoms with Gasteiger partial charge in [-0.1, -0.05) is 12.1 Å². The van der Waals surface area contributed by atoms with Gasteiger partial charge in [-0.2, -0.15) is 0 Å². The lowest BCUT2D eigenvalue weighted by molar-refractivity contribution is 0.0599. The average molecular weight is 354 g/mol. The number of fused-ring (bicyclic) bond motifs is 1. The Morgan fingerprint density at radius 1 is 1.19 bits per heavy atom. The minimum atomic E-state index is -0.423. The molecule has 2 aromatic rings. The molecule has 1 heterocycles. The Bertz CT molecular complexity index is 851. The predicted molar refractivity (Wildman–Crippen MR) is 102 cm³/mol. The Balaban J connectivity index is 1.85. The molecule has 2 N–H and O–H groups in total. The van der Waals surface area contributed by atoms with Crippen molar-refractivity contribution in [2.24, 2.45) is 0 Å². The number of aromatic nitrogens is 1. The molecule has 1 aromatic carbocycles. The number of Topliss-reactive ketones (excluding diaryl/α,β-unsaturated/α-hetero) is 1. The van der Waals surface area contributed by atoms with Crippen molar-refractivity contribution in [3.05, 3.63) is 51.8 Å². The summed E-state index contributed by atoms with van der Waals surface area (Å²) >= 11 is 0. The number of nitrogens with one attached hydrogen (secondary N) is 2. The number of methoxy groups -OCH3 is 1. The predicted octanol–water partition coefficient (Wildman–Crippen LogP) is 3.98. The minimum Gasteiger partial charge on any atom is -0.465 e. The summed E-state index contributed by atoms with van der Waals surface area (Å²) in [4.78, 5) is 28.0. The minimum absolute atomic E-state index is 0.0610. The quantitative estimate of drug-likeness (QED) is 0.629. The van der Waals surface area contributed by atoms with E-state index in [4.69, 9.17) is 4.74 Å². The van der Waals surface area contributed by atoms with Gasteiger partial charge in [0.15, 0.2) is 0 Å². The van der Waals surface area contributed by atoms with Gasteiger partial charge in [-0.25, -0.2) is 4.79 Å². The number of hydrogen-bond acceptors (Lipinski definition) is 4. The third kappa shape index (κ3) is 3.26. The van der Waals surface area contributed by atoms with Crippen LogP contribution in [0, 0.1) is 13.8 Å². The maximum absolute atomic E-state index is 13.0. The summed E-state index contributed by atoms with van der Waals surface area (Å²) in [5, 5.41) is 3.38. The van der Waals surface area contributed by atoms with Crippen LogP contribution in [0.5, 0.6) is 0 Å². The van der Waals surface area contributed by atoms with E-state index in [1.807, 2.05) is 19.1 Å². The molecular weight excluding hydrogens is 328 g/mol. The summed E-state index contributed by atoms with van der Waals surface area (Å²) in [5.74, 6) is -0.484. The molecule has 138 valence electrons. The number of aromatic amines is 1. The van der Waals surface area contributed by atoms with E-state index in [0.29, 0.717) is 22.5 Å². The molecule has 0 fully saturated rings. The highest BCUT2D eigenvalue weighted by molar-refractivity contribution is 6.04. The molecular formula is C21H26N2O3. The molecule has 0 saturated heterocycles. The Labute approximate surface area is 154 Å². The fourth-order valence-electron chi connectivity index (χ4n) is 3.84. The van der Waals surface area contributed by atoms with Crippen LogP contribution in [-0.2, 0) is 17.6 Å². The number of anilines is 1. The third-order valence-electron chi connectivity index (χ3n) is 5.23. The van der Waals surface area contributed by atoms with Crippen molar-refractivity contribution < 1.29 is 14.3 Å². The lowest BCUT2D eigenvalue weighted by Gasteiger charge is -2.22. The average Bonchev–Trinajstić information content (AvgIpc) is 2.95. The zero-order chi connectivity index (χ0) is 18.8. The molecule has 0 amide bonds. The van der Waals surface area contributed by atoms with Crippen molar-refractivity contribution in [1.82, 2.24) is 4.98 Å². The van der Waals surface area contributed by atoms with Crippen molar-refractivity contribution in [2.75, 3.05) is 12.4 Å². The Kier molecular flexibility index (Phi) is 5.16. The summed E-state index contributed by atoms with van der Waals surface area (Å²) < 4.78 is 4.82. The summed E-state index contributed by atoms with van der Waals surface area (Å²) in [6, 6.07) is 5.86. The number of ether oxygens (including phenoxy) is 1. The first-order chi connectivity index (χ1) is 12.4. The molecule has 1 aromatic heterocycles. The monoisotopic (exact) mass is 354 g/mol. The van der Waals surface area contributed by atoms with Crippen LogP contribution in [0.1, 0.15) is 63.0 Å². The van der Waals surface area contributed by atoms with Crippen LogP contribution in [0.2, 0.25) is 0 Å². The number of hydrogen-bond donors (Lipinski definition) is 2. The lowest BCUT2D eigenvalue weighted by Crippen LogP contribution is -2.28. The molecule has 1 atom stereocenters. The lowest BCUT2D eigenvalue weighted by atomic mass is 9.90. The van der Waals surface area contributed by atoms with E-state index in [-0.39, 0.29) is 5.78 Å². The highest BCUT2D eigenvalue weighted by Gasteiger charge is 2.26. The van der Waals surface area contributed by atoms with Crippen LogP contribution in [0.3, 0.4) is 0 Å². The van der Waals surface area contributed by atoms with Crippen molar-refractivity contribution in [2.45, 2.75) is 52.5 Å². The second kappa shape index (κ2) is 7.36. The Morgan fingerprint density at radius 2 is 1.92 bits per heavy atom. The SMILES string of the molecule is COC(=O)c1c(C)[nH]c(C(=O)C(C)Nc2cccc3c2CCCC3)c1C. The van der Waals surface area contributed by atoms with Gasteiger partial charge in [-0.15, -0.1) is 0 Å². The van der Waals surface area contributed by atoms with Gasteiger partial charge >= 0.3 is 5.97 Å². The van der Waals surface area contributed by atoms with Crippen LogP contribution < -0.4 is 5.32 Å². The van der Waals surface area contributed by atoms with Gasteiger partial charge in [0.2, 0.25) is 5.78 Å². The number of benzene rings is 1. The van der Waals surface area contributed by atoms with E-state index in [1.165, 1.54) is 31.1 Å². The first-order valence-corrected chi connectivity index (χ1v) is 9.13. The number of carbonyl (C=O) groups excluding carboxylic acids is 2. The molecule has 3 rings (SSSR count). The van der Waals surface area contributed by atoms with Crippen molar-refractivity contribution in [3.8, 4) is 0 Å². The van der Waals surface area contributed by atoms with Crippen molar-refractivity contribution in [1.29, 1.82) is 0 Å². The standard InChI is InChI=1S/C21H26N2O3/c1-12-18(21(25)26-4)13(2)23-19(12)20(24)14(3)22-17-11-7-9-15-8-5-6-10-16(15)17/h7,9,11,14,22-23H,5-6,8,10H2,1-4H3. The zero-order valence-corrected chi connectivity index (χ0v) is 15.9. The second-order valence-corrected chi connectivity index (χ2v) is 7.00.